The predicted octanol–water partition coefficient (Wildman–Crippen LogP) is 2.50. The molecule has 0 spiro atoms. The van der Waals surface area contributed by atoms with Gasteiger partial charge in [-0.1, -0.05) is 0 Å². The maximum atomic E-state index is 12.8. The molecule has 1 aliphatic carbocycles. The summed E-state index contributed by atoms with van der Waals surface area (Å²) in [5.74, 6) is -2.71. The van der Waals surface area contributed by atoms with Crippen molar-refractivity contribution in [3.8, 4) is 0 Å². The van der Waals surface area contributed by atoms with E-state index in [0.717, 1.165) is 6.42 Å². The van der Waals surface area contributed by atoms with Gasteiger partial charge in [0.15, 0.2) is 0 Å². The smallest absolute Gasteiger partial charge is 0.297 e. The minimum atomic E-state index is -2.55. The first-order valence-electron chi connectivity index (χ1n) is 4.28. The highest BCUT2D eigenvalue weighted by atomic mass is 19.3. The van der Waals surface area contributed by atoms with Gasteiger partial charge in [0.05, 0.1) is 6.26 Å². The Labute approximate surface area is 75.6 Å². The number of hydrogen-bond acceptors (Lipinski definition) is 2. The van der Waals surface area contributed by atoms with Crippen molar-refractivity contribution in [1.29, 1.82) is 0 Å². The summed E-state index contributed by atoms with van der Waals surface area (Å²) in [7, 11) is 0. The Morgan fingerprint density at radius 1 is 1.46 bits per heavy atom. The Bertz CT molecular complexity index is 202. The zero-order valence-electron chi connectivity index (χ0n) is 7.21. The Morgan fingerprint density at radius 2 is 2.23 bits per heavy atom. The number of carbonyl (C=O) groups excluding carboxylic acids is 1. The van der Waals surface area contributed by atoms with Crippen LogP contribution in [0.2, 0.25) is 0 Å². The second-order valence-electron chi connectivity index (χ2n) is 3.27. The summed E-state index contributed by atoms with van der Waals surface area (Å²) in [5.41, 5.74) is 0. The number of ether oxygens (including phenoxy) is 1. The molecular formula is C9H12F2O2. The molecule has 0 aromatic rings. The first kappa shape index (κ1) is 10.2. The summed E-state index contributed by atoms with van der Waals surface area (Å²) in [6.07, 6.45) is 3.83. The van der Waals surface area contributed by atoms with Crippen LogP contribution in [-0.4, -0.2) is 12.4 Å². The number of allylic oxidation sites excluding steroid dienone is 1. The number of carbonyl (C=O) groups is 1. The summed E-state index contributed by atoms with van der Waals surface area (Å²) in [5, 5.41) is 0. The van der Waals surface area contributed by atoms with Gasteiger partial charge in [0.25, 0.3) is 6.47 Å². The first-order valence-corrected chi connectivity index (χ1v) is 4.28. The maximum Gasteiger partial charge on any atom is 0.297 e. The van der Waals surface area contributed by atoms with Crippen molar-refractivity contribution in [2.24, 2.45) is 5.92 Å². The summed E-state index contributed by atoms with van der Waals surface area (Å²) in [6.45, 7) is 0.275. The van der Waals surface area contributed by atoms with Crippen molar-refractivity contribution in [2.75, 3.05) is 0 Å². The third kappa shape index (κ3) is 3.53. The molecule has 0 radical (unpaired) electrons. The van der Waals surface area contributed by atoms with Crippen LogP contribution in [0.15, 0.2) is 12.3 Å². The zero-order chi connectivity index (χ0) is 9.73. The van der Waals surface area contributed by atoms with Gasteiger partial charge in [-0.05, 0) is 24.8 Å². The van der Waals surface area contributed by atoms with E-state index in [0.29, 0.717) is 6.42 Å². The molecule has 13 heavy (non-hydrogen) atoms. The van der Waals surface area contributed by atoms with Crippen LogP contribution < -0.4 is 0 Å². The second kappa shape index (κ2) is 4.35. The molecule has 0 bridgehead atoms. The number of halogens is 2. The predicted molar refractivity (Wildman–Crippen MR) is 43.2 cm³/mol. The van der Waals surface area contributed by atoms with Gasteiger partial charge in [-0.3, -0.25) is 4.79 Å². The van der Waals surface area contributed by atoms with Gasteiger partial charge in [-0.25, -0.2) is 8.78 Å². The van der Waals surface area contributed by atoms with Gasteiger partial charge in [0.2, 0.25) is 5.92 Å². The first-order chi connectivity index (χ1) is 6.14. The SMILES string of the molecule is O=CO/C=C/C1CCCC(F)(F)C1. The summed E-state index contributed by atoms with van der Waals surface area (Å²) < 4.78 is 29.9. The number of rotatable bonds is 3. The Hall–Kier alpha value is -0.930. The molecule has 0 saturated heterocycles. The minimum absolute atomic E-state index is 0.0219. The molecule has 74 valence electrons. The average Bonchev–Trinajstić information content (AvgIpc) is 2.03. The largest absolute Gasteiger partial charge is 0.437 e. The molecule has 2 nitrogen and oxygen atoms in total. The Kier molecular flexibility index (Phi) is 3.39. The molecule has 1 atom stereocenters. The van der Waals surface area contributed by atoms with E-state index < -0.39 is 5.92 Å². The van der Waals surface area contributed by atoms with E-state index in [4.69, 9.17) is 0 Å². The van der Waals surface area contributed by atoms with Gasteiger partial charge in [0, 0.05) is 12.8 Å². The molecule has 1 aliphatic rings. The lowest BCUT2D eigenvalue weighted by molar-refractivity contribution is -0.123. The van der Waals surface area contributed by atoms with E-state index in [-0.39, 0.29) is 25.2 Å². The molecule has 0 aromatic carbocycles. The normalized spacial score (nSPS) is 27.4. The van der Waals surface area contributed by atoms with Crippen molar-refractivity contribution >= 4 is 6.47 Å². The van der Waals surface area contributed by atoms with Gasteiger partial charge in [-0.15, -0.1) is 0 Å². The number of alkyl halides is 2. The van der Waals surface area contributed by atoms with E-state index in [9.17, 15) is 13.6 Å². The maximum absolute atomic E-state index is 12.8. The highest BCUT2D eigenvalue weighted by molar-refractivity contribution is 5.38. The molecular weight excluding hydrogens is 178 g/mol. The van der Waals surface area contributed by atoms with Crippen LogP contribution in [0.25, 0.3) is 0 Å². The van der Waals surface area contributed by atoms with E-state index in [1.54, 1.807) is 0 Å². The van der Waals surface area contributed by atoms with Gasteiger partial charge < -0.3 is 4.74 Å². The van der Waals surface area contributed by atoms with Crippen LogP contribution >= 0.6 is 0 Å². The highest BCUT2D eigenvalue weighted by Crippen LogP contribution is 2.36. The van der Waals surface area contributed by atoms with Crippen LogP contribution in [0.1, 0.15) is 25.7 Å². The highest BCUT2D eigenvalue weighted by Gasteiger charge is 2.35. The van der Waals surface area contributed by atoms with Crippen LogP contribution in [0.4, 0.5) is 8.78 Å². The fourth-order valence-electron chi connectivity index (χ4n) is 1.56. The lowest BCUT2D eigenvalue weighted by atomic mass is 9.87. The molecule has 0 heterocycles. The third-order valence-electron chi connectivity index (χ3n) is 2.16. The minimum Gasteiger partial charge on any atom is -0.437 e. The fraction of sp³-hybridized carbons (Fsp3) is 0.667. The standard InChI is InChI=1S/C9H12F2O2/c10-9(11)4-1-2-8(6-9)3-5-13-7-12/h3,5,7-8H,1-2,4,6H2/b5-3+. The molecule has 0 N–H and O–H groups in total. The lowest BCUT2D eigenvalue weighted by Crippen LogP contribution is -2.24. The van der Waals surface area contributed by atoms with Crippen LogP contribution in [0.3, 0.4) is 0 Å². The lowest BCUT2D eigenvalue weighted by Gasteiger charge is -2.26. The van der Waals surface area contributed by atoms with Gasteiger partial charge in [0.1, 0.15) is 0 Å². The average molecular weight is 190 g/mol. The van der Waals surface area contributed by atoms with Crippen molar-refractivity contribution in [3.63, 3.8) is 0 Å². The van der Waals surface area contributed by atoms with E-state index in [2.05, 4.69) is 4.74 Å². The van der Waals surface area contributed by atoms with E-state index >= 15 is 0 Å². The molecule has 0 amide bonds. The van der Waals surface area contributed by atoms with Crippen molar-refractivity contribution in [1.82, 2.24) is 0 Å². The fourth-order valence-corrected chi connectivity index (χ4v) is 1.56. The summed E-state index contributed by atoms with van der Waals surface area (Å²) in [4.78, 5) is 9.75. The molecule has 0 aromatic heterocycles. The Morgan fingerprint density at radius 3 is 2.85 bits per heavy atom. The topological polar surface area (TPSA) is 26.3 Å². The van der Waals surface area contributed by atoms with Crippen molar-refractivity contribution in [3.05, 3.63) is 12.3 Å². The monoisotopic (exact) mass is 190 g/mol. The molecule has 0 aliphatic heterocycles. The van der Waals surface area contributed by atoms with Gasteiger partial charge in [-0.2, -0.15) is 0 Å². The molecule has 1 saturated carbocycles. The van der Waals surface area contributed by atoms with Crippen LogP contribution in [-0.2, 0) is 9.53 Å². The van der Waals surface area contributed by atoms with Crippen LogP contribution in [0.5, 0.6) is 0 Å². The van der Waals surface area contributed by atoms with Crippen molar-refractivity contribution < 1.29 is 18.3 Å². The molecule has 4 heteroatoms. The number of hydrogen-bond donors (Lipinski definition) is 0. The van der Waals surface area contributed by atoms with E-state index in [1.165, 1.54) is 12.3 Å². The molecule has 1 unspecified atom stereocenters. The van der Waals surface area contributed by atoms with E-state index in [1.807, 2.05) is 0 Å². The van der Waals surface area contributed by atoms with Gasteiger partial charge >= 0.3 is 0 Å². The zero-order valence-corrected chi connectivity index (χ0v) is 7.21. The Balaban J connectivity index is 2.38. The van der Waals surface area contributed by atoms with Crippen molar-refractivity contribution in [2.45, 2.75) is 31.6 Å². The molecule has 1 rings (SSSR count). The third-order valence-corrected chi connectivity index (χ3v) is 2.16. The quantitative estimate of drug-likeness (QED) is 0.505. The molecule has 1 fully saturated rings. The van der Waals surface area contributed by atoms with Crippen LogP contribution in [0, 0.1) is 5.92 Å². The summed E-state index contributed by atoms with van der Waals surface area (Å²) >= 11 is 0. The summed E-state index contributed by atoms with van der Waals surface area (Å²) in [6, 6.07) is 0. The second-order valence-corrected chi connectivity index (χ2v) is 3.27.